The van der Waals surface area contributed by atoms with E-state index in [1.165, 1.54) is 0 Å². The summed E-state index contributed by atoms with van der Waals surface area (Å²) in [6.45, 7) is 2.00. The first kappa shape index (κ1) is 9.98. The van der Waals surface area contributed by atoms with Crippen molar-refractivity contribution in [3.05, 3.63) is 29.8 Å². The molecule has 0 unspecified atom stereocenters. The van der Waals surface area contributed by atoms with Gasteiger partial charge in [-0.15, -0.1) is 11.6 Å². The van der Waals surface area contributed by atoms with Gasteiger partial charge in [0.25, 0.3) is 0 Å². The monoisotopic (exact) mass is 172 g/mol. The molecule has 0 amide bonds. The minimum absolute atomic E-state index is 0.281. The van der Waals surface area contributed by atoms with Crippen LogP contribution in [0.3, 0.4) is 0 Å². The van der Waals surface area contributed by atoms with Crippen LogP contribution in [0, 0.1) is 0 Å². The highest BCUT2D eigenvalue weighted by atomic mass is 35.5. The first-order valence-corrected chi connectivity index (χ1v) is 3.49. The average Bonchev–Trinajstić information content (AvgIpc) is 2.10. The van der Waals surface area contributed by atoms with E-state index in [-0.39, 0.29) is 5.75 Å². The van der Waals surface area contributed by atoms with E-state index in [0.29, 0.717) is 5.88 Å². The first-order valence-electron chi connectivity index (χ1n) is 2.95. The highest BCUT2D eigenvalue weighted by molar-refractivity contribution is 6.17. The molecule has 60 valence electrons. The third-order valence-electron chi connectivity index (χ3n) is 1.09. The standard InChI is InChI=1S/C7H7ClO.CH2O/c8-5-6-1-3-7(9)4-2-6;1-2/h1-4,9H,5H2;1H2. The molecule has 0 bridgehead atoms. The number of phenols is 1. The van der Waals surface area contributed by atoms with Crippen molar-refractivity contribution in [2.75, 3.05) is 0 Å². The van der Waals surface area contributed by atoms with E-state index in [4.69, 9.17) is 21.5 Å². The van der Waals surface area contributed by atoms with Crippen molar-refractivity contribution in [1.29, 1.82) is 0 Å². The van der Waals surface area contributed by atoms with Crippen LogP contribution in [0.2, 0.25) is 0 Å². The Bertz CT molecular complexity index is 196. The molecule has 11 heavy (non-hydrogen) atoms. The fraction of sp³-hybridized carbons (Fsp3) is 0.125. The van der Waals surface area contributed by atoms with Crippen molar-refractivity contribution >= 4 is 18.4 Å². The molecule has 0 fully saturated rings. The molecular weight excluding hydrogens is 164 g/mol. The second kappa shape index (κ2) is 5.74. The number of alkyl halides is 1. The number of benzene rings is 1. The number of phenolic OH excluding ortho intramolecular Hbond substituents is 1. The Kier molecular flexibility index (Phi) is 5.21. The Hall–Kier alpha value is -1.02. The summed E-state index contributed by atoms with van der Waals surface area (Å²) in [4.78, 5) is 8.00. The number of carbonyl (C=O) groups excluding carboxylic acids is 1. The molecule has 0 saturated heterocycles. The van der Waals surface area contributed by atoms with Crippen molar-refractivity contribution in [2.24, 2.45) is 0 Å². The van der Waals surface area contributed by atoms with Crippen LogP contribution in [-0.4, -0.2) is 11.9 Å². The summed E-state index contributed by atoms with van der Waals surface area (Å²) in [7, 11) is 0. The minimum Gasteiger partial charge on any atom is -0.508 e. The molecule has 2 nitrogen and oxygen atoms in total. The number of halogens is 1. The third kappa shape index (κ3) is 3.63. The van der Waals surface area contributed by atoms with Gasteiger partial charge in [-0.05, 0) is 17.7 Å². The van der Waals surface area contributed by atoms with Gasteiger partial charge in [0, 0.05) is 5.88 Å². The molecule has 0 aliphatic rings. The quantitative estimate of drug-likeness (QED) is 0.658. The van der Waals surface area contributed by atoms with Crippen LogP contribution < -0.4 is 0 Å². The van der Waals surface area contributed by atoms with E-state index in [2.05, 4.69) is 0 Å². The summed E-state index contributed by atoms with van der Waals surface area (Å²) in [5, 5.41) is 8.81. The molecule has 1 N–H and O–H groups in total. The number of aromatic hydroxyl groups is 1. The zero-order valence-corrected chi connectivity index (χ0v) is 6.71. The normalized spacial score (nSPS) is 8.09. The van der Waals surface area contributed by atoms with E-state index in [1.807, 2.05) is 6.79 Å². The van der Waals surface area contributed by atoms with Crippen molar-refractivity contribution in [3.63, 3.8) is 0 Å². The summed E-state index contributed by atoms with van der Waals surface area (Å²) in [6.07, 6.45) is 0. The highest BCUT2D eigenvalue weighted by Crippen LogP contribution is 2.10. The van der Waals surface area contributed by atoms with Crippen LogP contribution in [0.5, 0.6) is 5.75 Å². The maximum atomic E-state index is 8.81. The molecule has 0 heterocycles. The van der Waals surface area contributed by atoms with Crippen molar-refractivity contribution < 1.29 is 9.90 Å². The van der Waals surface area contributed by atoms with Crippen LogP contribution in [0.4, 0.5) is 0 Å². The lowest BCUT2D eigenvalue weighted by Gasteiger charge is -1.92. The van der Waals surface area contributed by atoms with Crippen molar-refractivity contribution in [2.45, 2.75) is 5.88 Å². The number of hydrogen-bond donors (Lipinski definition) is 1. The smallest absolute Gasteiger partial charge is 0.115 e. The summed E-state index contributed by atoms with van der Waals surface area (Å²) >= 11 is 5.50. The molecular formula is C8H9ClO2. The van der Waals surface area contributed by atoms with Gasteiger partial charge >= 0.3 is 0 Å². The van der Waals surface area contributed by atoms with E-state index >= 15 is 0 Å². The Morgan fingerprint density at radius 1 is 1.27 bits per heavy atom. The highest BCUT2D eigenvalue weighted by Gasteiger charge is 1.87. The van der Waals surface area contributed by atoms with Crippen LogP contribution in [0.25, 0.3) is 0 Å². The van der Waals surface area contributed by atoms with Crippen LogP contribution in [0.1, 0.15) is 5.56 Å². The van der Waals surface area contributed by atoms with Gasteiger partial charge in [-0.3, -0.25) is 0 Å². The second-order valence-electron chi connectivity index (χ2n) is 1.80. The largest absolute Gasteiger partial charge is 0.508 e. The Labute approximate surface area is 70.4 Å². The summed E-state index contributed by atoms with van der Waals surface area (Å²) < 4.78 is 0. The summed E-state index contributed by atoms with van der Waals surface area (Å²) in [6, 6.07) is 6.83. The van der Waals surface area contributed by atoms with Gasteiger partial charge in [0.2, 0.25) is 0 Å². The van der Waals surface area contributed by atoms with Gasteiger partial charge in [0.15, 0.2) is 0 Å². The van der Waals surface area contributed by atoms with E-state index < -0.39 is 0 Å². The second-order valence-corrected chi connectivity index (χ2v) is 2.07. The lowest BCUT2D eigenvalue weighted by molar-refractivity contribution is -0.0979. The fourth-order valence-corrected chi connectivity index (χ4v) is 0.763. The minimum atomic E-state index is 0.281. The van der Waals surface area contributed by atoms with Gasteiger partial charge in [-0.2, -0.15) is 0 Å². The van der Waals surface area contributed by atoms with Crippen LogP contribution >= 0.6 is 11.6 Å². The van der Waals surface area contributed by atoms with Gasteiger partial charge in [-0.1, -0.05) is 12.1 Å². The topological polar surface area (TPSA) is 37.3 Å². The number of rotatable bonds is 1. The van der Waals surface area contributed by atoms with Gasteiger partial charge in [0.1, 0.15) is 12.5 Å². The molecule has 1 aromatic carbocycles. The molecule has 3 heteroatoms. The molecule has 0 saturated carbocycles. The summed E-state index contributed by atoms with van der Waals surface area (Å²) in [5.41, 5.74) is 1.02. The Morgan fingerprint density at radius 2 is 1.73 bits per heavy atom. The molecule has 0 aliphatic carbocycles. The maximum Gasteiger partial charge on any atom is 0.115 e. The maximum absolute atomic E-state index is 8.81. The molecule has 0 atom stereocenters. The zero-order valence-electron chi connectivity index (χ0n) is 5.96. The van der Waals surface area contributed by atoms with Gasteiger partial charge in [0.05, 0.1) is 0 Å². The van der Waals surface area contributed by atoms with Gasteiger partial charge < -0.3 is 9.90 Å². The lowest BCUT2D eigenvalue weighted by Crippen LogP contribution is -1.73. The Morgan fingerprint density at radius 3 is 2.09 bits per heavy atom. The molecule has 0 spiro atoms. The molecule has 0 radical (unpaired) electrons. The first-order chi connectivity index (χ1) is 5.33. The van der Waals surface area contributed by atoms with Crippen molar-refractivity contribution in [3.8, 4) is 5.75 Å². The predicted octanol–water partition coefficient (Wildman–Crippen LogP) is 1.95. The molecule has 1 aromatic rings. The van der Waals surface area contributed by atoms with E-state index in [1.54, 1.807) is 24.3 Å². The molecule has 0 aliphatic heterocycles. The number of carbonyl (C=O) groups is 1. The lowest BCUT2D eigenvalue weighted by atomic mass is 10.2. The number of hydrogen-bond acceptors (Lipinski definition) is 2. The van der Waals surface area contributed by atoms with E-state index in [0.717, 1.165) is 5.56 Å². The summed E-state index contributed by atoms with van der Waals surface area (Å²) in [5.74, 6) is 0.782. The SMILES string of the molecule is C=O.Oc1ccc(CCl)cc1. The van der Waals surface area contributed by atoms with Gasteiger partial charge in [-0.25, -0.2) is 0 Å². The van der Waals surface area contributed by atoms with Crippen molar-refractivity contribution in [1.82, 2.24) is 0 Å². The van der Waals surface area contributed by atoms with Crippen LogP contribution in [0.15, 0.2) is 24.3 Å². The molecule has 1 rings (SSSR count). The fourth-order valence-electron chi connectivity index (χ4n) is 0.585. The third-order valence-corrected chi connectivity index (χ3v) is 1.40. The Balaban J connectivity index is 0.000000461. The molecule has 0 aromatic heterocycles. The van der Waals surface area contributed by atoms with Crippen LogP contribution in [-0.2, 0) is 10.7 Å². The van der Waals surface area contributed by atoms with E-state index in [9.17, 15) is 0 Å². The zero-order chi connectivity index (χ0) is 8.69. The predicted molar refractivity (Wildman–Crippen MR) is 44.8 cm³/mol. The average molecular weight is 173 g/mol.